The number of hydrogen-bond donors (Lipinski definition) is 1. The number of imide groups is 1. The van der Waals surface area contributed by atoms with Crippen molar-refractivity contribution >= 4 is 29.1 Å². The van der Waals surface area contributed by atoms with Crippen molar-refractivity contribution in [3.05, 3.63) is 59.7 Å². The molecule has 1 N–H and O–H groups in total. The van der Waals surface area contributed by atoms with Gasteiger partial charge in [0, 0.05) is 25.0 Å². The van der Waals surface area contributed by atoms with Crippen LogP contribution in [-0.2, 0) is 4.79 Å². The van der Waals surface area contributed by atoms with Crippen LogP contribution in [0.2, 0.25) is 0 Å². The van der Waals surface area contributed by atoms with Gasteiger partial charge in [0.2, 0.25) is 5.91 Å². The Morgan fingerprint density at radius 1 is 1.00 bits per heavy atom. The second-order valence-corrected chi connectivity index (χ2v) is 7.92. The standard InChI is InChI=1S/C22H23N3O3/c1-22(2)14-25(18-11-6-5-10-17(18)23-22)19(26)12-7-13-24-20(27)15-8-3-4-9-16(15)21(24)28/h3-6,8-11,23H,7,12-14H2,1-2H3. The van der Waals surface area contributed by atoms with Crippen molar-refractivity contribution in [1.29, 1.82) is 0 Å². The average molecular weight is 377 g/mol. The summed E-state index contributed by atoms with van der Waals surface area (Å²) in [6.45, 7) is 4.93. The van der Waals surface area contributed by atoms with Gasteiger partial charge in [-0.05, 0) is 44.5 Å². The maximum Gasteiger partial charge on any atom is 0.261 e. The molecule has 2 heterocycles. The molecule has 0 aromatic heterocycles. The molecule has 4 rings (SSSR count). The van der Waals surface area contributed by atoms with E-state index in [-0.39, 0.29) is 36.2 Å². The lowest BCUT2D eigenvalue weighted by Crippen LogP contribution is -2.50. The predicted octanol–water partition coefficient (Wildman–Crippen LogP) is 3.30. The molecule has 28 heavy (non-hydrogen) atoms. The number of carbonyl (C=O) groups is 3. The van der Waals surface area contributed by atoms with Crippen molar-refractivity contribution in [3.8, 4) is 0 Å². The Morgan fingerprint density at radius 3 is 2.29 bits per heavy atom. The van der Waals surface area contributed by atoms with Crippen molar-refractivity contribution in [3.63, 3.8) is 0 Å². The smallest absolute Gasteiger partial charge is 0.261 e. The lowest BCUT2D eigenvalue weighted by Gasteiger charge is -2.41. The van der Waals surface area contributed by atoms with Gasteiger partial charge in [0.25, 0.3) is 11.8 Å². The third kappa shape index (κ3) is 3.15. The zero-order valence-corrected chi connectivity index (χ0v) is 16.1. The Bertz CT molecular complexity index is 932. The minimum Gasteiger partial charge on any atom is -0.377 e. The molecule has 0 atom stereocenters. The van der Waals surface area contributed by atoms with Crippen LogP contribution in [-0.4, -0.2) is 41.2 Å². The highest BCUT2D eigenvalue weighted by molar-refractivity contribution is 6.21. The van der Waals surface area contributed by atoms with Gasteiger partial charge in [0.05, 0.1) is 22.5 Å². The Morgan fingerprint density at radius 2 is 1.61 bits per heavy atom. The number of para-hydroxylation sites is 2. The molecule has 6 nitrogen and oxygen atoms in total. The molecule has 144 valence electrons. The second-order valence-electron chi connectivity index (χ2n) is 7.92. The molecule has 2 aliphatic rings. The summed E-state index contributed by atoms with van der Waals surface area (Å²) in [5, 5.41) is 3.45. The molecule has 0 radical (unpaired) electrons. The normalized spacial score (nSPS) is 17.2. The second kappa shape index (κ2) is 6.78. The first-order valence-corrected chi connectivity index (χ1v) is 9.50. The maximum atomic E-state index is 12.9. The number of fused-ring (bicyclic) bond motifs is 2. The molecule has 0 saturated carbocycles. The van der Waals surface area contributed by atoms with E-state index in [9.17, 15) is 14.4 Å². The number of rotatable bonds is 4. The van der Waals surface area contributed by atoms with Crippen LogP contribution >= 0.6 is 0 Å². The fraction of sp³-hybridized carbons (Fsp3) is 0.318. The quantitative estimate of drug-likeness (QED) is 0.830. The number of anilines is 2. The minimum atomic E-state index is -0.276. The largest absolute Gasteiger partial charge is 0.377 e. The number of carbonyl (C=O) groups excluding carboxylic acids is 3. The summed E-state index contributed by atoms with van der Waals surface area (Å²) in [5.41, 5.74) is 2.46. The summed E-state index contributed by atoms with van der Waals surface area (Å²) in [6, 6.07) is 14.6. The summed E-state index contributed by atoms with van der Waals surface area (Å²) in [4.78, 5) is 40.8. The highest BCUT2D eigenvalue weighted by atomic mass is 16.2. The molecule has 3 amide bonds. The monoisotopic (exact) mass is 377 g/mol. The number of nitrogens with one attached hydrogen (secondary N) is 1. The Hall–Kier alpha value is -3.15. The van der Waals surface area contributed by atoms with E-state index in [1.165, 1.54) is 4.90 Å². The van der Waals surface area contributed by atoms with E-state index in [0.717, 1.165) is 11.4 Å². The first-order valence-electron chi connectivity index (χ1n) is 9.50. The van der Waals surface area contributed by atoms with E-state index < -0.39 is 0 Å². The van der Waals surface area contributed by atoms with Gasteiger partial charge in [-0.3, -0.25) is 19.3 Å². The third-order valence-electron chi connectivity index (χ3n) is 5.17. The summed E-state index contributed by atoms with van der Waals surface area (Å²) < 4.78 is 0. The zero-order chi connectivity index (χ0) is 19.9. The molecule has 0 saturated heterocycles. The Balaban J connectivity index is 1.42. The van der Waals surface area contributed by atoms with Crippen LogP contribution in [0.5, 0.6) is 0 Å². The van der Waals surface area contributed by atoms with Gasteiger partial charge in [-0.25, -0.2) is 0 Å². The molecule has 2 aromatic carbocycles. The lowest BCUT2D eigenvalue weighted by molar-refractivity contribution is -0.119. The lowest BCUT2D eigenvalue weighted by atomic mass is 9.99. The van der Waals surface area contributed by atoms with Crippen LogP contribution in [0, 0.1) is 0 Å². The Labute approximate surface area is 164 Å². The van der Waals surface area contributed by atoms with Gasteiger partial charge in [0.1, 0.15) is 0 Å². The molecule has 0 unspecified atom stereocenters. The zero-order valence-electron chi connectivity index (χ0n) is 16.1. The molecule has 6 heteroatoms. The molecule has 2 aliphatic heterocycles. The van der Waals surface area contributed by atoms with Gasteiger partial charge >= 0.3 is 0 Å². The summed E-state index contributed by atoms with van der Waals surface area (Å²) in [5.74, 6) is -0.554. The van der Waals surface area contributed by atoms with Gasteiger partial charge in [-0.2, -0.15) is 0 Å². The van der Waals surface area contributed by atoms with E-state index in [1.807, 2.05) is 24.3 Å². The molecular weight excluding hydrogens is 354 g/mol. The van der Waals surface area contributed by atoms with E-state index in [0.29, 0.717) is 24.1 Å². The first kappa shape index (κ1) is 18.2. The van der Waals surface area contributed by atoms with Crippen molar-refractivity contribution in [2.24, 2.45) is 0 Å². The van der Waals surface area contributed by atoms with Crippen LogP contribution in [0.15, 0.2) is 48.5 Å². The summed E-state index contributed by atoms with van der Waals surface area (Å²) in [6.07, 6.45) is 0.717. The molecule has 0 spiro atoms. The van der Waals surface area contributed by atoms with E-state index in [1.54, 1.807) is 29.2 Å². The topological polar surface area (TPSA) is 69.7 Å². The number of nitrogens with zero attached hydrogens (tertiary/aromatic N) is 2. The van der Waals surface area contributed by atoms with Crippen molar-refractivity contribution in [2.75, 3.05) is 23.3 Å². The van der Waals surface area contributed by atoms with Gasteiger partial charge in [-0.1, -0.05) is 24.3 Å². The molecule has 0 bridgehead atoms. The number of hydrogen-bond acceptors (Lipinski definition) is 4. The van der Waals surface area contributed by atoms with E-state index in [4.69, 9.17) is 0 Å². The van der Waals surface area contributed by atoms with Crippen LogP contribution < -0.4 is 10.2 Å². The van der Waals surface area contributed by atoms with Crippen LogP contribution in [0.25, 0.3) is 0 Å². The van der Waals surface area contributed by atoms with Crippen LogP contribution in [0.1, 0.15) is 47.4 Å². The molecular formula is C22H23N3O3. The first-order chi connectivity index (χ1) is 13.4. The van der Waals surface area contributed by atoms with Gasteiger partial charge in [0.15, 0.2) is 0 Å². The summed E-state index contributed by atoms with van der Waals surface area (Å²) >= 11 is 0. The summed E-state index contributed by atoms with van der Waals surface area (Å²) in [7, 11) is 0. The Kier molecular flexibility index (Phi) is 4.41. The van der Waals surface area contributed by atoms with Crippen molar-refractivity contribution < 1.29 is 14.4 Å². The fourth-order valence-electron chi connectivity index (χ4n) is 3.89. The van der Waals surface area contributed by atoms with Crippen LogP contribution in [0.3, 0.4) is 0 Å². The predicted molar refractivity (Wildman–Crippen MR) is 108 cm³/mol. The van der Waals surface area contributed by atoms with Gasteiger partial charge in [-0.15, -0.1) is 0 Å². The third-order valence-corrected chi connectivity index (χ3v) is 5.17. The van der Waals surface area contributed by atoms with E-state index in [2.05, 4.69) is 19.2 Å². The highest BCUT2D eigenvalue weighted by Gasteiger charge is 2.35. The molecule has 2 aromatic rings. The van der Waals surface area contributed by atoms with Gasteiger partial charge < -0.3 is 10.2 Å². The SMILES string of the molecule is CC1(C)CN(C(=O)CCCN2C(=O)c3ccccc3C2=O)c2ccccc2N1. The molecule has 0 fully saturated rings. The fourth-order valence-corrected chi connectivity index (χ4v) is 3.89. The van der Waals surface area contributed by atoms with Crippen molar-refractivity contribution in [2.45, 2.75) is 32.2 Å². The number of amides is 3. The molecule has 0 aliphatic carbocycles. The highest BCUT2D eigenvalue weighted by Crippen LogP contribution is 2.34. The average Bonchev–Trinajstić information content (AvgIpc) is 2.91. The van der Waals surface area contributed by atoms with Crippen LogP contribution in [0.4, 0.5) is 11.4 Å². The van der Waals surface area contributed by atoms with Crippen molar-refractivity contribution in [1.82, 2.24) is 4.90 Å². The van der Waals surface area contributed by atoms with E-state index >= 15 is 0 Å². The minimum absolute atomic E-state index is 0.00126. The number of benzene rings is 2. The maximum absolute atomic E-state index is 12.9.